The molecule has 0 atom stereocenters. The summed E-state index contributed by atoms with van der Waals surface area (Å²) in [6.45, 7) is 11.0. The lowest BCUT2D eigenvalue weighted by Crippen LogP contribution is -2.43. The Balaban J connectivity index is 1.65. The van der Waals surface area contributed by atoms with Gasteiger partial charge in [-0.2, -0.15) is 0 Å². The van der Waals surface area contributed by atoms with E-state index in [4.69, 9.17) is 20.0 Å². The van der Waals surface area contributed by atoms with Gasteiger partial charge in [0, 0.05) is 61.5 Å². The molecule has 0 bridgehead atoms. The monoisotopic (exact) mass is 684 g/mol. The SMILES string of the molecule is CCN(CC)C(=O)NC(=NC(=NCCCN=C(N=C(NC(=O)N(CC)CC)c1ccccc1)c1ccccc1)c1ccccc1)c1ccccc1. The van der Waals surface area contributed by atoms with Crippen LogP contribution in [0.4, 0.5) is 9.59 Å². The zero-order valence-corrected chi connectivity index (χ0v) is 30.0. The second kappa shape index (κ2) is 20.6. The van der Waals surface area contributed by atoms with Crippen LogP contribution in [0.2, 0.25) is 0 Å². The van der Waals surface area contributed by atoms with Crippen molar-refractivity contribution in [3.8, 4) is 0 Å². The second-order valence-electron chi connectivity index (χ2n) is 11.4. The quantitative estimate of drug-likeness (QED) is 0.0929. The molecule has 264 valence electrons. The van der Waals surface area contributed by atoms with Gasteiger partial charge in [0.2, 0.25) is 0 Å². The fraction of sp³-hybridized carbons (Fsp3) is 0.268. The van der Waals surface area contributed by atoms with Gasteiger partial charge in [-0.25, -0.2) is 19.6 Å². The molecule has 51 heavy (non-hydrogen) atoms. The van der Waals surface area contributed by atoms with Gasteiger partial charge < -0.3 is 9.80 Å². The van der Waals surface area contributed by atoms with Gasteiger partial charge >= 0.3 is 12.1 Å². The molecule has 0 saturated carbocycles. The van der Waals surface area contributed by atoms with E-state index in [1.807, 2.05) is 149 Å². The number of urea groups is 2. The van der Waals surface area contributed by atoms with E-state index in [2.05, 4.69) is 10.6 Å². The summed E-state index contributed by atoms with van der Waals surface area (Å²) in [4.78, 5) is 49.3. The fourth-order valence-electron chi connectivity index (χ4n) is 5.11. The lowest BCUT2D eigenvalue weighted by Gasteiger charge is -2.20. The molecule has 0 fully saturated rings. The standard InChI is InChI=1S/C41H48N8O2/c1-5-48(6-2)40(50)46-38(34-26-17-11-18-27-34)44-36(32-22-13-9-14-23-32)42-30-21-31-43-37(33-24-15-10-16-25-33)45-39(35-28-19-12-20-29-35)47-41(51)49(7-3)8-4/h9-20,22-29H,5-8,21,30-31H2,1-4H3,(H,42,44,46,50)(H,43,45,47,51). The highest BCUT2D eigenvalue weighted by atomic mass is 16.2. The molecule has 0 radical (unpaired) electrons. The van der Waals surface area contributed by atoms with E-state index in [9.17, 15) is 9.59 Å². The molecule has 2 N–H and O–H groups in total. The molecule has 10 heteroatoms. The van der Waals surface area contributed by atoms with Crippen LogP contribution in [0.15, 0.2) is 141 Å². The largest absolute Gasteiger partial charge is 0.325 e. The van der Waals surface area contributed by atoms with Crippen LogP contribution >= 0.6 is 0 Å². The highest BCUT2D eigenvalue weighted by Crippen LogP contribution is 2.10. The molecule has 4 rings (SSSR count). The van der Waals surface area contributed by atoms with Crippen LogP contribution in [0.25, 0.3) is 0 Å². The number of aliphatic imine (C=N–C) groups is 4. The predicted molar refractivity (Wildman–Crippen MR) is 209 cm³/mol. The molecule has 4 amide bonds. The number of benzene rings is 4. The number of rotatable bonds is 12. The van der Waals surface area contributed by atoms with Gasteiger partial charge in [-0.3, -0.25) is 20.6 Å². The summed E-state index contributed by atoms with van der Waals surface area (Å²) in [6.07, 6.45) is 0.608. The molecule has 4 aromatic carbocycles. The van der Waals surface area contributed by atoms with E-state index in [-0.39, 0.29) is 12.1 Å². The molecule has 0 saturated heterocycles. The number of carbonyl (C=O) groups is 2. The summed E-state index contributed by atoms with van der Waals surface area (Å²) < 4.78 is 0. The molecule has 0 spiro atoms. The Morgan fingerprint density at radius 2 is 0.765 bits per heavy atom. The summed E-state index contributed by atoms with van der Waals surface area (Å²) in [6, 6.07) is 38.2. The van der Waals surface area contributed by atoms with Crippen LogP contribution in [0.1, 0.15) is 56.4 Å². The number of amidine groups is 4. The van der Waals surface area contributed by atoms with Crippen molar-refractivity contribution in [1.29, 1.82) is 0 Å². The highest BCUT2D eigenvalue weighted by molar-refractivity contribution is 6.16. The van der Waals surface area contributed by atoms with Crippen molar-refractivity contribution in [2.75, 3.05) is 39.3 Å². The van der Waals surface area contributed by atoms with Crippen LogP contribution in [0, 0.1) is 0 Å². The van der Waals surface area contributed by atoms with Gasteiger partial charge in [0.25, 0.3) is 0 Å². The summed E-state index contributed by atoms with van der Waals surface area (Å²) in [7, 11) is 0. The first-order valence-electron chi connectivity index (χ1n) is 17.6. The normalized spacial score (nSPS) is 12.3. The van der Waals surface area contributed by atoms with E-state index in [0.29, 0.717) is 69.0 Å². The molecule has 0 aliphatic rings. The Morgan fingerprint density at radius 3 is 1.06 bits per heavy atom. The number of nitrogens with one attached hydrogen (secondary N) is 2. The minimum absolute atomic E-state index is 0.221. The smallest absolute Gasteiger partial charge is 0.323 e. The number of hydrogen-bond acceptors (Lipinski definition) is 4. The van der Waals surface area contributed by atoms with Crippen molar-refractivity contribution >= 4 is 35.4 Å². The first-order valence-corrected chi connectivity index (χ1v) is 17.6. The Bertz CT molecular complexity index is 1650. The number of amides is 4. The summed E-state index contributed by atoms with van der Waals surface area (Å²) >= 11 is 0. The zero-order valence-electron chi connectivity index (χ0n) is 30.0. The second-order valence-corrected chi connectivity index (χ2v) is 11.4. The predicted octanol–water partition coefficient (Wildman–Crippen LogP) is 7.27. The molecule has 0 heterocycles. The van der Waals surface area contributed by atoms with Gasteiger partial charge in [0.15, 0.2) is 11.7 Å². The summed E-state index contributed by atoms with van der Waals surface area (Å²) in [5, 5.41) is 6.03. The van der Waals surface area contributed by atoms with E-state index in [1.165, 1.54) is 0 Å². The Kier molecular flexibility index (Phi) is 15.3. The maximum Gasteiger partial charge on any atom is 0.323 e. The first kappa shape index (κ1) is 37.9. The van der Waals surface area contributed by atoms with E-state index in [0.717, 1.165) is 22.3 Å². The molecule has 0 unspecified atom stereocenters. The minimum atomic E-state index is -0.221. The van der Waals surface area contributed by atoms with Crippen molar-refractivity contribution in [3.63, 3.8) is 0 Å². The maximum atomic E-state index is 13.1. The number of hydrogen-bond donors (Lipinski definition) is 2. The molecule has 10 nitrogen and oxygen atoms in total. The van der Waals surface area contributed by atoms with Gasteiger partial charge in [-0.15, -0.1) is 0 Å². The van der Waals surface area contributed by atoms with Crippen molar-refractivity contribution in [2.24, 2.45) is 20.0 Å². The molecular formula is C41H48N8O2. The van der Waals surface area contributed by atoms with Gasteiger partial charge in [-0.05, 0) is 34.1 Å². The van der Waals surface area contributed by atoms with Crippen molar-refractivity contribution < 1.29 is 9.59 Å². The maximum absolute atomic E-state index is 13.1. The van der Waals surface area contributed by atoms with Crippen LogP contribution in [-0.2, 0) is 0 Å². The topological polar surface area (TPSA) is 114 Å². The van der Waals surface area contributed by atoms with Crippen molar-refractivity contribution in [3.05, 3.63) is 144 Å². The Hall–Kier alpha value is -5.90. The van der Waals surface area contributed by atoms with E-state index < -0.39 is 0 Å². The third-order valence-corrected chi connectivity index (χ3v) is 7.99. The van der Waals surface area contributed by atoms with Crippen molar-refractivity contribution in [2.45, 2.75) is 34.1 Å². The first-order chi connectivity index (χ1) is 25.0. The van der Waals surface area contributed by atoms with Gasteiger partial charge in [0.1, 0.15) is 11.7 Å². The van der Waals surface area contributed by atoms with E-state index in [1.54, 1.807) is 9.80 Å². The van der Waals surface area contributed by atoms with Crippen LogP contribution in [0.5, 0.6) is 0 Å². The van der Waals surface area contributed by atoms with Gasteiger partial charge in [-0.1, -0.05) is 121 Å². The minimum Gasteiger partial charge on any atom is -0.325 e. The van der Waals surface area contributed by atoms with E-state index >= 15 is 0 Å². The highest BCUT2D eigenvalue weighted by Gasteiger charge is 2.16. The Labute approximate surface area is 301 Å². The lowest BCUT2D eigenvalue weighted by molar-refractivity contribution is 0.207. The summed E-state index contributed by atoms with van der Waals surface area (Å²) in [5.41, 5.74) is 3.22. The average Bonchev–Trinajstić information content (AvgIpc) is 3.18. The van der Waals surface area contributed by atoms with Crippen molar-refractivity contribution in [1.82, 2.24) is 20.4 Å². The van der Waals surface area contributed by atoms with Crippen LogP contribution < -0.4 is 10.6 Å². The third-order valence-electron chi connectivity index (χ3n) is 7.99. The summed E-state index contributed by atoms with van der Waals surface area (Å²) in [5.74, 6) is 1.86. The third kappa shape index (κ3) is 11.6. The molecule has 4 aromatic rings. The molecule has 0 aromatic heterocycles. The molecule has 0 aliphatic carbocycles. The fourth-order valence-corrected chi connectivity index (χ4v) is 5.11. The Morgan fingerprint density at radius 1 is 0.471 bits per heavy atom. The van der Waals surface area contributed by atoms with Crippen LogP contribution in [-0.4, -0.2) is 84.5 Å². The van der Waals surface area contributed by atoms with Gasteiger partial charge in [0.05, 0.1) is 0 Å². The molecular weight excluding hydrogens is 637 g/mol. The molecule has 0 aliphatic heterocycles. The number of nitrogens with zero attached hydrogens (tertiary/aromatic N) is 6. The lowest BCUT2D eigenvalue weighted by atomic mass is 10.2. The zero-order chi connectivity index (χ0) is 36.3. The van der Waals surface area contributed by atoms with Crippen LogP contribution in [0.3, 0.4) is 0 Å². The average molecular weight is 685 g/mol. The number of carbonyl (C=O) groups excluding carboxylic acids is 2.